The summed E-state index contributed by atoms with van der Waals surface area (Å²) in [6, 6.07) is 4.82. The van der Waals surface area contributed by atoms with E-state index in [0.29, 0.717) is 22.4 Å². The van der Waals surface area contributed by atoms with Crippen molar-refractivity contribution in [3.8, 4) is 16.9 Å². The molecule has 2 aromatic heterocycles. The molecule has 0 bridgehead atoms. The van der Waals surface area contributed by atoms with E-state index in [4.69, 9.17) is 38.8 Å². The van der Waals surface area contributed by atoms with Gasteiger partial charge in [0.15, 0.2) is 11.6 Å². The van der Waals surface area contributed by atoms with Crippen LogP contribution in [0.15, 0.2) is 36.8 Å². The molecule has 0 amide bonds. The van der Waals surface area contributed by atoms with E-state index in [0.717, 1.165) is 50.1 Å². The monoisotopic (exact) mass is 504 g/mol. The molecule has 3 aromatic rings. The molecule has 0 saturated carbocycles. The highest BCUT2D eigenvalue weighted by molar-refractivity contribution is 6.36. The molecule has 34 heavy (non-hydrogen) atoms. The molecule has 0 aliphatic carbocycles. The molecule has 4 heterocycles. The van der Waals surface area contributed by atoms with Gasteiger partial charge in [0.25, 0.3) is 0 Å². The van der Waals surface area contributed by atoms with Crippen LogP contribution in [0, 0.1) is 11.2 Å². The maximum Gasteiger partial charge on any atom is 0.166 e. The van der Waals surface area contributed by atoms with Crippen LogP contribution in [0.3, 0.4) is 0 Å². The van der Waals surface area contributed by atoms with Gasteiger partial charge in [-0.1, -0.05) is 23.2 Å². The number of hydrogen-bond acceptors (Lipinski definition) is 6. The maximum absolute atomic E-state index is 14.0. The highest BCUT2D eigenvalue weighted by atomic mass is 35.5. The number of nitrogens with zero attached hydrogens (tertiary/aromatic N) is 3. The zero-order valence-corrected chi connectivity index (χ0v) is 20.3. The summed E-state index contributed by atoms with van der Waals surface area (Å²) >= 11 is 12.4. The first kappa shape index (κ1) is 23.4. The van der Waals surface area contributed by atoms with Crippen molar-refractivity contribution < 1.29 is 9.13 Å². The van der Waals surface area contributed by atoms with E-state index in [1.54, 1.807) is 13.1 Å². The molecule has 2 fully saturated rings. The lowest BCUT2D eigenvalue weighted by atomic mass is 9.75. The predicted octanol–water partition coefficient (Wildman–Crippen LogP) is 4.63. The molecule has 4 N–H and O–H groups in total. The second-order valence-electron chi connectivity index (χ2n) is 9.10. The topological polar surface area (TPSA) is 90.0 Å². The molecular weight excluding hydrogens is 478 g/mol. The van der Waals surface area contributed by atoms with Gasteiger partial charge in [0, 0.05) is 52.6 Å². The van der Waals surface area contributed by atoms with Crippen molar-refractivity contribution in [2.45, 2.75) is 31.9 Å². The molecule has 10 heteroatoms. The average molecular weight is 505 g/mol. The lowest BCUT2D eigenvalue weighted by molar-refractivity contribution is 0.129. The van der Waals surface area contributed by atoms with Crippen molar-refractivity contribution in [1.82, 2.24) is 25.4 Å². The number of nitrogens with two attached hydrogens (primary N) is 1. The Morgan fingerprint density at radius 3 is 2.79 bits per heavy atom. The Labute approximate surface area is 207 Å². The summed E-state index contributed by atoms with van der Waals surface area (Å²) in [6.45, 7) is 5.73. The number of rotatable bonds is 5. The normalized spacial score (nSPS) is 23.4. The second-order valence-corrected chi connectivity index (χ2v) is 9.89. The van der Waals surface area contributed by atoms with Crippen molar-refractivity contribution in [3.63, 3.8) is 0 Å². The summed E-state index contributed by atoms with van der Waals surface area (Å²) in [5, 5.41) is 12.0. The first-order valence-corrected chi connectivity index (χ1v) is 12.1. The van der Waals surface area contributed by atoms with Crippen LogP contribution < -0.4 is 21.1 Å². The van der Waals surface area contributed by atoms with Gasteiger partial charge in [0.2, 0.25) is 0 Å². The Bertz CT molecular complexity index is 1200. The molecular formula is C24H27Cl2FN6O. The Hall–Kier alpha value is -2.39. The number of piperidine rings is 1. The minimum Gasteiger partial charge on any atom is -0.482 e. The molecule has 180 valence electrons. The number of hydrogen-bond donors (Lipinski definition) is 3. The fourth-order valence-corrected chi connectivity index (χ4v) is 5.82. The third kappa shape index (κ3) is 4.24. The first-order valence-electron chi connectivity index (χ1n) is 11.4. The zero-order valence-electron chi connectivity index (χ0n) is 18.8. The van der Waals surface area contributed by atoms with E-state index >= 15 is 0 Å². The molecule has 2 saturated heterocycles. The van der Waals surface area contributed by atoms with Gasteiger partial charge >= 0.3 is 0 Å². The SMILES string of the molecule is CC(Oc1cc(-c2cnn(C3CCNCC34CCNC4)c2)cnc1N)c1c(Cl)ccc(F)c1Cl. The van der Waals surface area contributed by atoms with Crippen molar-refractivity contribution in [2.24, 2.45) is 5.41 Å². The Balaban J connectivity index is 1.41. The summed E-state index contributed by atoms with van der Waals surface area (Å²) in [5.74, 6) is 0.0328. The molecule has 2 aliphatic heterocycles. The van der Waals surface area contributed by atoms with Gasteiger partial charge in [-0.2, -0.15) is 5.10 Å². The smallest absolute Gasteiger partial charge is 0.166 e. The number of pyridine rings is 1. The third-order valence-corrected chi connectivity index (χ3v) is 7.69. The van der Waals surface area contributed by atoms with Crippen molar-refractivity contribution in [3.05, 3.63) is 58.2 Å². The minimum atomic E-state index is -0.637. The van der Waals surface area contributed by atoms with E-state index in [1.165, 1.54) is 12.1 Å². The van der Waals surface area contributed by atoms with Gasteiger partial charge in [0.05, 0.1) is 17.3 Å². The Morgan fingerprint density at radius 1 is 1.21 bits per heavy atom. The third-order valence-electron chi connectivity index (χ3n) is 6.98. The Morgan fingerprint density at radius 2 is 2.00 bits per heavy atom. The van der Waals surface area contributed by atoms with Gasteiger partial charge in [0.1, 0.15) is 11.9 Å². The largest absolute Gasteiger partial charge is 0.482 e. The number of benzene rings is 1. The highest BCUT2D eigenvalue weighted by Gasteiger charge is 2.44. The van der Waals surface area contributed by atoms with Crippen LogP contribution in [0.4, 0.5) is 10.2 Å². The Kier molecular flexibility index (Phi) is 6.41. The molecule has 1 aromatic carbocycles. The number of nitrogens with one attached hydrogen (secondary N) is 2. The number of halogens is 3. The van der Waals surface area contributed by atoms with Crippen molar-refractivity contribution in [2.75, 3.05) is 31.9 Å². The zero-order chi connectivity index (χ0) is 23.9. The van der Waals surface area contributed by atoms with Gasteiger partial charge in [-0.3, -0.25) is 4.68 Å². The van der Waals surface area contributed by atoms with Gasteiger partial charge in [-0.25, -0.2) is 9.37 Å². The lowest BCUT2D eigenvalue weighted by Gasteiger charge is -2.41. The minimum absolute atomic E-state index is 0.0683. The molecule has 1 spiro atoms. The summed E-state index contributed by atoms with van der Waals surface area (Å²) in [7, 11) is 0. The molecule has 5 rings (SSSR count). The van der Waals surface area contributed by atoms with E-state index in [1.807, 2.05) is 12.3 Å². The number of ether oxygens (including phenoxy) is 1. The first-order chi connectivity index (χ1) is 16.4. The van der Waals surface area contributed by atoms with Crippen LogP contribution in [0.5, 0.6) is 5.75 Å². The van der Waals surface area contributed by atoms with E-state index < -0.39 is 11.9 Å². The summed E-state index contributed by atoms with van der Waals surface area (Å²) in [5.41, 5.74) is 8.38. The van der Waals surface area contributed by atoms with Crippen LogP contribution in [0.2, 0.25) is 10.0 Å². The molecule has 3 unspecified atom stereocenters. The number of nitrogen functional groups attached to an aromatic ring is 1. The fraction of sp³-hybridized carbons (Fsp3) is 0.417. The van der Waals surface area contributed by atoms with Crippen LogP contribution in [0.1, 0.15) is 37.5 Å². The highest BCUT2D eigenvalue weighted by Crippen LogP contribution is 2.42. The fourth-order valence-electron chi connectivity index (χ4n) is 5.14. The van der Waals surface area contributed by atoms with Gasteiger partial charge in [-0.05, 0) is 51.1 Å². The molecule has 7 nitrogen and oxygen atoms in total. The van der Waals surface area contributed by atoms with Gasteiger partial charge in [-0.15, -0.1) is 0 Å². The van der Waals surface area contributed by atoms with E-state index in [2.05, 4.69) is 26.5 Å². The van der Waals surface area contributed by atoms with Crippen LogP contribution >= 0.6 is 23.2 Å². The van der Waals surface area contributed by atoms with Crippen LogP contribution in [-0.4, -0.2) is 40.9 Å². The average Bonchev–Trinajstić information content (AvgIpc) is 3.49. The van der Waals surface area contributed by atoms with E-state index in [-0.39, 0.29) is 16.3 Å². The molecule has 0 radical (unpaired) electrons. The summed E-state index contributed by atoms with van der Waals surface area (Å²) in [6.07, 6.45) is 7.14. The second kappa shape index (κ2) is 9.34. The molecule has 3 atom stereocenters. The van der Waals surface area contributed by atoms with E-state index in [9.17, 15) is 4.39 Å². The summed E-state index contributed by atoms with van der Waals surface area (Å²) in [4.78, 5) is 4.31. The van der Waals surface area contributed by atoms with Crippen LogP contribution in [0.25, 0.3) is 11.1 Å². The summed E-state index contributed by atoms with van der Waals surface area (Å²) < 4.78 is 22.1. The van der Waals surface area contributed by atoms with Gasteiger partial charge < -0.3 is 21.1 Å². The van der Waals surface area contributed by atoms with Crippen molar-refractivity contribution >= 4 is 29.0 Å². The molecule has 2 aliphatic rings. The quantitative estimate of drug-likeness (QED) is 0.439. The number of anilines is 1. The predicted molar refractivity (Wildman–Crippen MR) is 132 cm³/mol. The maximum atomic E-state index is 14.0. The number of aromatic nitrogens is 3. The lowest BCUT2D eigenvalue weighted by Crippen LogP contribution is -2.48. The van der Waals surface area contributed by atoms with Crippen molar-refractivity contribution in [1.29, 1.82) is 0 Å². The van der Waals surface area contributed by atoms with Crippen LogP contribution in [-0.2, 0) is 0 Å². The standard InChI is InChI=1S/C24H27Cl2FN6O/c1-14(21-17(25)2-3-18(27)22(21)26)34-19-8-15(9-31-23(19)28)16-10-32-33(11-16)20-4-6-29-12-24(20)5-7-30-13-24/h2-3,8-11,14,20,29-30H,4-7,12-13H2,1H3,(H2,28,31).